The number of imidazole rings is 1. The van der Waals surface area contributed by atoms with E-state index in [0.29, 0.717) is 13.0 Å². The van der Waals surface area contributed by atoms with E-state index in [1.54, 1.807) is 0 Å². The molecular weight excluding hydrogens is 380 g/mol. The molecule has 0 aliphatic rings. The van der Waals surface area contributed by atoms with Gasteiger partial charge in [-0.25, -0.2) is 4.98 Å². The van der Waals surface area contributed by atoms with Crippen molar-refractivity contribution in [1.82, 2.24) is 14.9 Å². The molecule has 2 aromatic carbocycles. The van der Waals surface area contributed by atoms with E-state index in [1.165, 1.54) is 7.11 Å². The maximum absolute atomic E-state index is 12.8. The van der Waals surface area contributed by atoms with Crippen LogP contribution in [0.3, 0.4) is 0 Å². The first-order valence-corrected chi connectivity index (χ1v) is 10.1. The maximum atomic E-state index is 12.8. The molecule has 1 aromatic heterocycles. The summed E-state index contributed by atoms with van der Waals surface area (Å²) in [7, 11) is 1.49. The van der Waals surface area contributed by atoms with E-state index >= 15 is 0 Å². The Kier molecular flexibility index (Phi) is 7.19. The van der Waals surface area contributed by atoms with Crippen LogP contribution in [0.1, 0.15) is 23.4 Å². The molecule has 0 spiro atoms. The fourth-order valence-electron chi connectivity index (χ4n) is 3.37. The van der Waals surface area contributed by atoms with E-state index in [2.05, 4.69) is 10.6 Å². The molecule has 7 heteroatoms. The van der Waals surface area contributed by atoms with Crippen molar-refractivity contribution in [3.8, 4) is 0 Å². The number of aromatic nitrogens is 2. The van der Waals surface area contributed by atoms with Gasteiger partial charge in [-0.1, -0.05) is 24.3 Å². The third-order valence-electron chi connectivity index (χ3n) is 5.09. The summed E-state index contributed by atoms with van der Waals surface area (Å²) in [6.45, 7) is 4.79. The minimum atomic E-state index is -0.140. The molecule has 0 bridgehead atoms. The molecule has 7 nitrogen and oxygen atoms in total. The molecular formula is C23H28N4O3. The van der Waals surface area contributed by atoms with Crippen molar-refractivity contribution >= 4 is 28.5 Å². The highest BCUT2D eigenvalue weighted by molar-refractivity contribution is 5.92. The quantitative estimate of drug-likeness (QED) is 0.533. The van der Waals surface area contributed by atoms with Crippen molar-refractivity contribution in [2.24, 2.45) is 0 Å². The standard InChI is InChI=1S/C23H28N4O3/c1-16-8-6-10-18(17(16)2)26-22(28)14-27-20-11-5-4-9-19(20)25-21(27)12-7-13-24-23(29)15-30-3/h4-6,8-11H,7,12-15H2,1-3H3,(H,24,29)(H,26,28). The number of benzene rings is 2. The second kappa shape index (κ2) is 10.0. The van der Waals surface area contributed by atoms with Gasteiger partial charge >= 0.3 is 0 Å². The van der Waals surface area contributed by atoms with Crippen molar-refractivity contribution < 1.29 is 14.3 Å². The molecule has 3 aromatic rings. The third-order valence-corrected chi connectivity index (χ3v) is 5.09. The summed E-state index contributed by atoms with van der Waals surface area (Å²) < 4.78 is 6.76. The van der Waals surface area contributed by atoms with E-state index in [-0.39, 0.29) is 25.0 Å². The van der Waals surface area contributed by atoms with Gasteiger partial charge in [0.25, 0.3) is 0 Å². The zero-order valence-electron chi connectivity index (χ0n) is 17.7. The third kappa shape index (κ3) is 5.24. The average Bonchev–Trinajstić information content (AvgIpc) is 3.06. The Bertz CT molecular complexity index is 1040. The normalized spacial score (nSPS) is 10.9. The number of hydrogen-bond donors (Lipinski definition) is 2. The molecule has 30 heavy (non-hydrogen) atoms. The van der Waals surface area contributed by atoms with Gasteiger partial charge in [0, 0.05) is 25.8 Å². The lowest BCUT2D eigenvalue weighted by Crippen LogP contribution is -2.28. The van der Waals surface area contributed by atoms with Crippen LogP contribution in [0.4, 0.5) is 5.69 Å². The van der Waals surface area contributed by atoms with Crippen LogP contribution in [0.25, 0.3) is 11.0 Å². The van der Waals surface area contributed by atoms with Crippen LogP contribution in [-0.4, -0.2) is 41.6 Å². The summed E-state index contributed by atoms with van der Waals surface area (Å²) in [5.74, 6) is 0.591. The number of rotatable bonds is 9. The lowest BCUT2D eigenvalue weighted by atomic mass is 10.1. The number of nitrogens with zero attached hydrogens (tertiary/aromatic N) is 2. The Morgan fingerprint density at radius 3 is 2.67 bits per heavy atom. The lowest BCUT2D eigenvalue weighted by molar-refractivity contribution is -0.124. The summed E-state index contributed by atoms with van der Waals surface area (Å²) in [4.78, 5) is 29.0. The topological polar surface area (TPSA) is 85.2 Å². The minimum Gasteiger partial charge on any atom is -0.375 e. The fraction of sp³-hybridized carbons (Fsp3) is 0.348. The van der Waals surface area contributed by atoms with Crippen molar-refractivity contribution in [2.75, 3.05) is 25.6 Å². The van der Waals surface area contributed by atoms with Crippen LogP contribution in [0, 0.1) is 13.8 Å². The van der Waals surface area contributed by atoms with Crippen LogP contribution >= 0.6 is 0 Å². The molecule has 0 atom stereocenters. The molecule has 0 unspecified atom stereocenters. The first-order valence-electron chi connectivity index (χ1n) is 10.1. The molecule has 0 saturated heterocycles. The van der Waals surface area contributed by atoms with Gasteiger partial charge in [0.1, 0.15) is 19.0 Å². The lowest BCUT2D eigenvalue weighted by Gasteiger charge is -2.13. The summed E-state index contributed by atoms with van der Waals surface area (Å²) in [5.41, 5.74) is 4.81. The van der Waals surface area contributed by atoms with Crippen molar-refractivity contribution in [3.63, 3.8) is 0 Å². The van der Waals surface area contributed by atoms with Crippen molar-refractivity contribution in [2.45, 2.75) is 33.2 Å². The highest BCUT2D eigenvalue weighted by Crippen LogP contribution is 2.20. The number of carbonyl (C=O) groups is 2. The second-order valence-electron chi connectivity index (χ2n) is 7.29. The summed E-state index contributed by atoms with van der Waals surface area (Å²) in [5, 5.41) is 5.83. The van der Waals surface area contributed by atoms with E-state index in [0.717, 1.165) is 40.1 Å². The second-order valence-corrected chi connectivity index (χ2v) is 7.29. The molecule has 1 heterocycles. The van der Waals surface area contributed by atoms with E-state index in [9.17, 15) is 9.59 Å². The molecule has 0 radical (unpaired) electrons. The number of aryl methyl sites for hydroxylation is 2. The summed E-state index contributed by atoms with van der Waals surface area (Å²) in [6, 6.07) is 13.7. The highest BCUT2D eigenvalue weighted by Gasteiger charge is 2.14. The number of hydrogen-bond acceptors (Lipinski definition) is 4. The first kappa shape index (κ1) is 21.5. The SMILES string of the molecule is COCC(=O)NCCCc1nc2ccccc2n1CC(=O)Nc1cccc(C)c1C. The van der Waals surface area contributed by atoms with E-state index in [1.807, 2.05) is 60.9 Å². The average molecular weight is 409 g/mol. The molecule has 2 N–H and O–H groups in total. The number of carbonyl (C=O) groups excluding carboxylic acids is 2. The van der Waals surface area contributed by atoms with Crippen LogP contribution in [0.5, 0.6) is 0 Å². The zero-order valence-corrected chi connectivity index (χ0v) is 17.7. The van der Waals surface area contributed by atoms with Crippen molar-refractivity contribution in [3.05, 3.63) is 59.4 Å². The number of fused-ring (bicyclic) bond motifs is 1. The predicted octanol–water partition coefficient (Wildman–Crippen LogP) is 2.99. The van der Waals surface area contributed by atoms with Gasteiger partial charge in [-0.2, -0.15) is 0 Å². The molecule has 0 aliphatic carbocycles. The number of para-hydroxylation sites is 2. The van der Waals surface area contributed by atoms with Gasteiger partial charge in [-0.3, -0.25) is 9.59 Å². The number of methoxy groups -OCH3 is 1. The van der Waals surface area contributed by atoms with Gasteiger partial charge < -0.3 is 19.9 Å². The highest BCUT2D eigenvalue weighted by atomic mass is 16.5. The molecule has 0 saturated carbocycles. The molecule has 3 rings (SSSR count). The zero-order chi connectivity index (χ0) is 21.5. The van der Waals surface area contributed by atoms with Gasteiger partial charge in [-0.15, -0.1) is 0 Å². The molecule has 2 amide bonds. The largest absolute Gasteiger partial charge is 0.375 e. The number of anilines is 1. The number of nitrogens with one attached hydrogen (secondary N) is 2. The Morgan fingerprint density at radius 2 is 1.87 bits per heavy atom. The van der Waals surface area contributed by atoms with Gasteiger partial charge in [0.15, 0.2) is 0 Å². The minimum absolute atomic E-state index is 0.0526. The van der Waals surface area contributed by atoms with Gasteiger partial charge in [0.05, 0.1) is 11.0 Å². The maximum Gasteiger partial charge on any atom is 0.245 e. The Morgan fingerprint density at radius 1 is 1.07 bits per heavy atom. The Hall–Kier alpha value is -3.19. The summed E-state index contributed by atoms with van der Waals surface area (Å²) >= 11 is 0. The fourth-order valence-corrected chi connectivity index (χ4v) is 3.37. The van der Waals surface area contributed by atoms with Crippen LogP contribution in [0.15, 0.2) is 42.5 Å². The van der Waals surface area contributed by atoms with Gasteiger partial charge in [0.2, 0.25) is 11.8 Å². The number of ether oxygens (including phenoxy) is 1. The molecule has 158 valence electrons. The van der Waals surface area contributed by atoms with Crippen LogP contribution in [-0.2, 0) is 27.3 Å². The van der Waals surface area contributed by atoms with Crippen LogP contribution in [0.2, 0.25) is 0 Å². The number of amides is 2. The first-order chi connectivity index (χ1) is 14.5. The van der Waals surface area contributed by atoms with Crippen LogP contribution < -0.4 is 10.6 Å². The molecule has 0 aliphatic heterocycles. The van der Waals surface area contributed by atoms with Crippen molar-refractivity contribution in [1.29, 1.82) is 0 Å². The monoisotopic (exact) mass is 408 g/mol. The molecule has 0 fully saturated rings. The smallest absolute Gasteiger partial charge is 0.245 e. The summed E-state index contributed by atoms with van der Waals surface area (Å²) in [6.07, 6.45) is 1.37. The van der Waals surface area contributed by atoms with E-state index in [4.69, 9.17) is 9.72 Å². The van der Waals surface area contributed by atoms with Gasteiger partial charge in [-0.05, 0) is 49.6 Å². The Balaban J connectivity index is 1.72. The Labute approximate surface area is 176 Å². The predicted molar refractivity (Wildman–Crippen MR) is 117 cm³/mol. The van der Waals surface area contributed by atoms with E-state index < -0.39 is 0 Å².